The molecule has 4 nitrogen and oxygen atoms in total. The Morgan fingerprint density at radius 3 is 3.00 bits per heavy atom. The van der Waals surface area contributed by atoms with E-state index in [0.717, 1.165) is 11.4 Å². The maximum absolute atomic E-state index is 11.4. The molecule has 2 rings (SSSR count). The Labute approximate surface area is 95.2 Å². The Kier molecular flexibility index (Phi) is 2.99. The van der Waals surface area contributed by atoms with Crippen LogP contribution in [0.25, 0.3) is 0 Å². The second kappa shape index (κ2) is 4.43. The van der Waals surface area contributed by atoms with Crippen LogP contribution in [0.4, 0.5) is 5.69 Å². The normalized spacial score (nSPS) is 19.8. The van der Waals surface area contributed by atoms with Gasteiger partial charge in [-0.05, 0) is 19.1 Å². The van der Waals surface area contributed by atoms with Crippen molar-refractivity contribution in [3.05, 3.63) is 24.3 Å². The Hall–Kier alpha value is -1.71. The molecule has 0 aliphatic carbocycles. The first-order valence-corrected chi connectivity index (χ1v) is 5.51. The molecule has 4 heteroatoms. The zero-order chi connectivity index (χ0) is 11.5. The number of anilines is 1. The first-order valence-electron chi connectivity index (χ1n) is 5.51. The summed E-state index contributed by atoms with van der Waals surface area (Å²) in [4.78, 5) is 11.4. The van der Waals surface area contributed by atoms with E-state index in [-0.39, 0.29) is 11.8 Å². The summed E-state index contributed by atoms with van der Waals surface area (Å²) >= 11 is 0. The molecule has 1 atom stereocenters. The van der Waals surface area contributed by atoms with Gasteiger partial charge in [0.25, 0.3) is 0 Å². The van der Waals surface area contributed by atoms with Gasteiger partial charge < -0.3 is 4.74 Å². The molecule has 1 aliphatic rings. The number of nitrogens with zero attached hydrogens (tertiary/aromatic N) is 1. The number of amides is 1. The summed E-state index contributed by atoms with van der Waals surface area (Å²) in [5.74, 6) is 0.936. The number of carbonyl (C=O) groups excluding carboxylic acids is 1. The number of benzene rings is 1. The average Bonchev–Trinajstić information content (AvgIpc) is 2.60. The van der Waals surface area contributed by atoms with Crippen LogP contribution >= 0.6 is 0 Å². The van der Waals surface area contributed by atoms with Gasteiger partial charge in [-0.25, -0.2) is 0 Å². The summed E-state index contributed by atoms with van der Waals surface area (Å²) in [7, 11) is 0. The van der Waals surface area contributed by atoms with Gasteiger partial charge in [-0.1, -0.05) is 13.0 Å². The second-order valence-corrected chi connectivity index (χ2v) is 3.92. The van der Waals surface area contributed by atoms with Gasteiger partial charge in [0.2, 0.25) is 5.91 Å². The van der Waals surface area contributed by atoms with E-state index in [4.69, 9.17) is 4.74 Å². The highest BCUT2D eigenvalue weighted by Gasteiger charge is 2.26. The fraction of sp³-hybridized carbons (Fsp3) is 0.417. The predicted molar refractivity (Wildman–Crippen MR) is 62.3 cm³/mol. The Morgan fingerprint density at radius 1 is 1.56 bits per heavy atom. The van der Waals surface area contributed by atoms with Crippen molar-refractivity contribution < 1.29 is 9.53 Å². The molecule has 1 aromatic carbocycles. The molecule has 0 spiro atoms. The van der Waals surface area contributed by atoms with Gasteiger partial charge in [-0.3, -0.25) is 15.2 Å². The monoisotopic (exact) mass is 220 g/mol. The smallest absolute Gasteiger partial charge is 0.243 e. The van der Waals surface area contributed by atoms with Crippen LogP contribution in [0.1, 0.15) is 13.8 Å². The van der Waals surface area contributed by atoms with Crippen molar-refractivity contribution in [2.24, 2.45) is 5.92 Å². The molecule has 1 saturated heterocycles. The molecule has 86 valence electrons. The molecule has 1 N–H and O–H groups in total. The van der Waals surface area contributed by atoms with Gasteiger partial charge in [0.15, 0.2) is 0 Å². The molecule has 0 aromatic heterocycles. The molecule has 0 radical (unpaired) electrons. The number of ether oxygens (including phenoxy) is 1. The lowest BCUT2D eigenvalue weighted by Gasteiger charge is -2.18. The van der Waals surface area contributed by atoms with E-state index >= 15 is 0 Å². The van der Waals surface area contributed by atoms with Gasteiger partial charge in [0.05, 0.1) is 24.8 Å². The van der Waals surface area contributed by atoms with Crippen molar-refractivity contribution in [3.63, 3.8) is 0 Å². The number of hydrazine groups is 1. The maximum atomic E-state index is 11.4. The SMILES string of the molecule is CCOc1cccc(N2CC(C)C(=O)N2)c1. The zero-order valence-corrected chi connectivity index (χ0v) is 9.56. The predicted octanol–water partition coefficient (Wildman–Crippen LogP) is 1.57. The van der Waals surface area contributed by atoms with Crippen molar-refractivity contribution in [3.8, 4) is 5.75 Å². The standard InChI is InChI=1S/C12H16N2O2/c1-3-16-11-6-4-5-10(7-11)14-8-9(2)12(15)13-14/h4-7,9H,3,8H2,1-2H3,(H,13,15). The average molecular weight is 220 g/mol. The molecule has 1 unspecified atom stereocenters. The Morgan fingerprint density at radius 2 is 2.38 bits per heavy atom. The van der Waals surface area contributed by atoms with Crippen molar-refractivity contribution in [1.82, 2.24) is 5.43 Å². The minimum atomic E-state index is 0.0377. The number of nitrogens with one attached hydrogen (secondary N) is 1. The van der Waals surface area contributed by atoms with Crippen molar-refractivity contribution in [2.45, 2.75) is 13.8 Å². The molecular weight excluding hydrogens is 204 g/mol. The molecule has 1 fully saturated rings. The zero-order valence-electron chi connectivity index (χ0n) is 9.56. The lowest BCUT2D eigenvalue weighted by Crippen LogP contribution is -2.32. The quantitative estimate of drug-likeness (QED) is 0.840. The molecule has 1 heterocycles. The first-order chi connectivity index (χ1) is 7.70. The third-order valence-electron chi connectivity index (χ3n) is 2.59. The summed E-state index contributed by atoms with van der Waals surface area (Å²) in [5, 5.41) is 1.86. The highest BCUT2D eigenvalue weighted by atomic mass is 16.5. The van der Waals surface area contributed by atoms with Gasteiger partial charge in [-0.15, -0.1) is 0 Å². The number of hydrogen-bond acceptors (Lipinski definition) is 3. The van der Waals surface area contributed by atoms with Crippen LogP contribution < -0.4 is 15.2 Å². The molecule has 1 aliphatic heterocycles. The van der Waals surface area contributed by atoms with Crippen molar-refractivity contribution in [2.75, 3.05) is 18.2 Å². The van der Waals surface area contributed by atoms with E-state index in [9.17, 15) is 4.79 Å². The van der Waals surface area contributed by atoms with E-state index in [1.54, 1.807) is 0 Å². The number of hydrogen-bond donors (Lipinski definition) is 1. The first kappa shape index (κ1) is 10.8. The summed E-state index contributed by atoms with van der Waals surface area (Å²) in [6.45, 7) is 5.22. The van der Waals surface area contributed by atoms with Gasteiger partial charge in [0.1, 0.15) is 5.75 Å². The Balaban J connectivity index is 2.15. The van der Waals surface area contributed by atoms with Crippen LogP contribution in [0.2, 0.25) is 0 Å². The number of rotatable bonds is 3. The Bertz CT molecular complexity index is 392. The third kappa shape index (κ3) is 2.10. The molecular formula is C12H16N2O2. The summed E-state index contributed by atoms with van der Waals surface area (Å²) in [6.07, 6.45) is 0. The summed E-state index contributed by atoms with van der Waals surface area (Å²) < 4.78 is 5.42. The van der Waals surface area contributed by atoms with Crippen LogP contribution in [-0.2, 0) is 4.79 Å². The molecule has 1 aromatic rings. The molecule has 16 heavy (non-hydrogen) atoms. The second-order valence-electron chi connectivity index (χ2n) is 3.92. The van der Waals surface area contributed by atoms with E-state index in [0.29, 0.717) is 13.2 Å². The van der Waals surface area contributed by atoms with Gasteiger partial charge in [0, 0.05) is 6.07 Å². The summed E-state index contributed by atoms with van der Waals surface area (Å²) in [5.41, 5.74) is 3.79. The number of carbonyl (C=O) groups is 1. The van der Waals surface area contributed by atoms with Crippen LogP contribution in [0, 0.1) is 5.92 Å². The summed E-state index contributed by atoms with van der Waals surface area (Å²) in [6, 6.07) is 7.73. The van der Waals surface area contributed by atoms with E-state index in [1.807, 2.05) is 43.1 Å². The fourth-order valence-corrected chi connectivity index (χ4v) is 1.72. The van der Waals surface area contributed by atoms with Crippen LogP contribution in [0.5, 0.6) is 5.75 Å². The van der Waals surface area contributed by atoms with Crippen molar-refractivity contribution in [1.29, 1.82) is 0 Å². The van der Waals surface area contributed by atoms with Crippen molar-refractivity contribution >= 4 is 11.6 Å². The third-order valence-corrected chi connectivity index (χ3v) is 2.59. The van der Waals surface area contributed by atoms with Crippen LogP contribution in [-0.4, -0.2) is 19.1 Å². The van der Waals surface area contributed by atoms with E-state index < -0.39 is 0 Å². The minimum absolute atomic E-state index is 0.0377. The maximum Gasteiger partial charge on any atom is 0.243 e. The van der Waals surface area contributed by atoms with E-state index in [2.05, 4.69) is 5.43 Å². The minimum Gasteiger partial charge on any atom is -0.494 e. The van der Waals surface area contributed by atoms with Crippen LogP contribution in [0.3, 0.4) is 0 Å². The van der Waals surface area contributed by atoms with Gasteiger partial charge >= 0.3 is 0 Å². The lowest BCUT2D eigenvalue weighted by atomic mass is 10.2. The van der Waals surface area contributed by atoms with Crippen LogP contribution in [0.15, 0.2) is 24.3 Å². The lowest BCUT2D eigenvalue weighted by molar-refractivity contribution is -0.121. The van der Waals surface area contributed by atoms with Gasteiger partial charge in [-0.2, -0.15) is 0 Å². The van der Waals surface area contributed by atoms with E-state index in [1.165, 1.54) is 0 Å². The topological polar surface area (TPSA) is 41.6 Å². The molecule has 1 amide bonds. The molecule has 0 saturated carbocycles. The largest absolute Gasteiger partial charge is 0.494 e. The highest BCUT2D eigenvalue weighted by Crippen LogP contribution is 2.23. The highest BCUT2D eigenvalue weighted by molar-refractivity contribution is 5.83. The fourth-order valence-electron chi connectivity index (χ4n) is 1.72. The molecule has 0 bridgehead atoms.